The molecule has 4 heteroatoms. The molecule has 1 aliphatic heterocycles. The number of nitrogens with zero attached hydrogens (tertiary/aromatic N) is 1. The smallest absolute Gasteiger partial charge is 0.261 e. The summed E-state index contributed by atoms with van der Waals surface area (Å²) in [5, 5.41) is 3.09. The summed E-state index contributed by atoms with van der Waals surface area (Å²) in [7, 11) is 0. The second kappa shape index (κ2) is 6.93. The molecule has 1 aromatic heterocycles. The highest BCUT2D eigenvalue weighted by atomic mass is 32.1. The van der Waals surface area contributed by atoms with Crippen molar-refractivity contribution in [3.8, 4) is 0 Å². The maximum absolute atomic E-state index is 12.2. The minimum Gasteiger partial charge on any atom is -0.351 e. The molecule has 0 bridgehead atoms. The lowest BCUT2D eigenvalue weighted by Gasteiger charge is -2.33. The molecule has 1 amide bonds. The van der Waals surface area contributed by atoms with E-state index in [0.29, 0.717) is 0 Å². The Morgan fingerprint density at radius 1 is 1.38 bits per heavy atom. The van der Waals surface area contributed by atoms with Crippen molar-refractivity contribution < 1.29 is 4.79 Å². The van der Waals surface area contributed by atoms with Crippen molar-refractivity contribution in [2.75, 3.05) is 19.6 Å². The number of hydrogen-bond donors (Lipinski definition) is 1. The first-order valence-corrected chi connectivity index (χ1v) is 9.19. The zero-order valence-corrected chi connectivity index (χ0v) is 13.8. The van der Waals surface area contributed by atoms with Gasteiger partial charge in [-0.3, -0.25) is 4.79 Å². The van der Waals surface area contributed by atoms with Crippen LogP contribution in [-0.4, -0.2) is 36.5 Å². The van der Waals surface area contributed by atoms with Crippen molar-refractivity contribution in [1.82, 2.24) is 10.2 Å². The fourth-order valence-electron chi connectivity index (χ4n) is 3.50. The van der Waals surface area contributed by atoms with Crippen molar-refractivity contribution in [2.45, 2.75) is 57.9 Å². The van der Waals surface area contributed by atoms with Gasteiger partial charge in [0.1, 0.15) is 0 Å². The molecule has 1 aromatic rings. The van der Waals surface area contributed by atoms with Crippen molar-refractivity contribution in [3.05, 3.63) is 21.4 Å². The van der Waals surface area contributed by atoms with Crippen molar-refractivity contribution in [1.29, 1.82) is 0 Å². The van der Waals surface area contributed by atoms with Gasteiger partial charge in [0.15, 0.2) is 0 Å². The number of carbonyl (C=O) groups excluding carboxylic acids is 1. The zero-order chi connectivity index (χ0) is 14.7. The van der Waals surface area contributed by atoms with Crippen molar-refractivity contribution in [2.24, 2.45) is 0 Å². The van der Waals surface area contributed by atoms with Gasteiger partial charge in [-0.05, 0) is 63.6 Å². The van der Waals surface area contributed by atoms with Gasteiger partial charge >= 0.3 is 0 Å². The summed E-state index contributed by atoms with van der Waals surface area (Å²) < 4.78 is 0. The number of likely N-dealkylation sites (tertiary alicyclic amines) is 1. The Morgan fingerprint density at radius 2 is 2.29 bits per heavy atom. The number of thiophene rings is 1. The van der Waals surface area contributed by atoms with E-state index in [1.165, 1.54) is 49.1 Å². The summed E-state index contributed by atoms with van der Waals surface area (Å²) in [5.41, 5.74) is 1.41. The highest BCUT2D eigenvalue weighted by Crippen LogP contribution is 2.30. The largest absolute Gasteiger partial charge is 0.351 e. The van der Waals surface area contributed by atoms with Crippen LogP contribution in [0.25, 0.3) is 0 Å². The van der Waals surface area contributed by atoms with Gasteiger partial charge < -0.3 is 10.2 Å². The molecule has 3 nitrogen and oxygen atoms in total. The van der Waals surface area contributed by atoms with Gasteiger partial charge in [-0.25, -0.2) is 0 Å². The van der Waals surface area contributed by atoms with Gasteiger partial charge in [-0.1, -0.05) is 6.42 Å². The Morgan fingerprint density at radius 3 is 3.10 bits per heavy atom. The second-order valence-corrected chi connectivity index (χ2v) is 7.54. The van der Waals surface area contributed by atoms with E-state index in [2.05, 4.69) is 23.2 Å². The highest BCUT2D eigenvalue weighted by molar-refractivity contribution is 7.14. The number of rotatable bonds is 5. The fraction of sp³-hybridized carbons (Fsp3) is 0.706. The lowest BCUT2D eigenvalue weighted by atomic mass is 10.0. The van der Waals surface area contributed by atoms with E-state index >= 15 is 0 Å². The number of fused-ring (bicyclic) bond motifs is 1. The maximum atomic E-state index is 12.2. The van der Waals surface area contributed by atoms with Crippen molar-refractivity contribution >= 4 is 17.2 Å². The summed E-state index contributed by atoms with van der Waals surface area (Å²) in [4.78, 5) is 17.1. The van der Waals surface area contributed by atoms with Gasteiger partial charge in [0.05, 0.1) is 4.88 Å². The third-order valence-corrected chi connectivity index (χ3v) is 6.05. The van der Waals surface area contributed by atoms with Crippen LogP contribution in [-0.2, 0) is 12.8 Å². The van der Waals surface area contributed by atoms with E-state index in [-0.39, 0.29) is 5.91 Å². The molecule has 1 N–H and O–H groups in total. The normalized spacial score (nSPS) is 22.2. The molecule has 0 unspecified atom stereocenters. The molecular weight excluding hydrogens is 280 g/mol. The summed E-state index contributed by atoms with van der Waals surface area (Å²) >= 11 is 1.69. The molecule has 3 rings (SSSR count). The quantitative estimate of drug-likeness (QED) is 0.847. The first-order valence-electron chi connectivity index (χ1n) is 8.38. The van der Waals surface area contributed by atoms with E-state index in [0.717, 1.165) is 36.9 Å². The van der Waals surface area contributed by atoms with Crippen LogP contribution in [0.5, 0.6) is 0 Å². The van der Waals surface area contributed by atoms with E-state index in [4.69, 9.17) is 0 Å². The van der Waals surface area contributed by atoms with E-state index in [1.54, 1.807) is 11.3 Å². The number of hydrogen-bond acceptors (Lipinski definition) is 3. The fourth-order valence-corrected chi connectivity index (χ4v) is 4.67. The number of carbonyl (C=O) groups is 1. The van der Waals surface area contributed by atoms with Crippen LogP contribution < -0.4 is 5.32 Å². The average Bonchev–Trinajstić information content (AvgIpc) is 3.06. The lowest BCUT2D eigenvalue weighted by molar-refractivity contribution is 0.0953. The second-order valence-electron chi connectivity index (χ2n) is 6.40. The first-order chi connectivity index (χ1) is 10.2. The average molecular weight is 306 g/mol. The Labute approximate surface area is 131 Å². The topological polar surface area (TPSA) is 32.3 Å². The monoisotopic (exact) mass is 306 g/mol. The van der Waals surface area contributed by atoms with Crippen LogP contribution in [0.3, 0.4) is 0 Å². The predicted octanol–water partition coefficient (Wildman–Crippen LogP) is 3.23. The molecule has 0 spiro atoms. The SMILES string of the molecule is C[C@H]1CCCCN1CCCNC(=O)c1cc2c(s1)CCC2. The maximum Gasteiger partial charge on any atom is 0.261 e. The molecule has 1 atom stereocenters. The molecule has 116 valence electrons. The molecule has 2 aliphatic rings. The molecule has 1 aliphatic carbocycles. The number of aryl methyl sites for hydroxylation is 2. The van der Waals surface area contributed by atoms with E-state index < -0.39 is 0 Å². The molecule has 0 radical (unpaired) electrons. The van der Waals surface area contributed by atoms with E-state index in [9.17, 15) is 4.79 Å². The zero-order valence-electron chi connectivity index (χ0n) is 13.0. The van der Waals surface area contributed by atoms with Crippen LogP contribution in [0.2, 0.25) is 0 Å². The minimum atomic E-state index is 0.126. The van der Waals surface area contributed by atoms with E-state index in [1.807, 2.05) is 0 Å². The van der Waals surface area contributed by atoms with Gasteiger partial charge in [0, 0.05) is 24.0 Å². The highest BCUT2D eigenvalue weighted by Gasteiger charge is 2.19. The summed E-state index contributed by atoms with van der Waals surface area (Å²) in [5.74, 6) is 0.126. The molecule has 1 saturated heterocycles. The molecular formula is C17H26N2OS. The molecule has 2 heterocycles. The van der Waals surface area contributed by atoms with Gasteiger partial charge in [0.25, 0.3) is 5.91 Å². The van der Waals surface area contributed by atoms with Crippen LogP contribution in [0, 0.1) is 0 Å². The molecule has 0 aromatic carbocycles. The van der Waals surface area contributed by atoms with Gasteiger partial charge in [-0.2, -0.15) is 0 Å². The summed E-state index contributed by atoms with van der Waals surface area (Å²) in [6, 6.07) is 2.82. The standard InChI is InChI=1S/C17H26N2OS/c1-13-6-2-3-10-19(13)11-5-9-18-17(20)16-12-14-7-4-8-15(14)21-16/h12-13H,2-11H2,1H3,(H,18,20)/t13-/m0/s1. The summed E-state index contributed by atoms with van der Waals surface area (Å²) in [6.45, 7) is 5.46. The predicted molar refractivity (Wildman–Crippen MR) is 88.2 cm³/mol. The van der Waals surface area contributed by atoms with Crippen LogP contribution >= 0.6 is 11.3 Å². The molecule has 1 fully saturated rings. The minimum absolute atomic E-state index is 0.126. The Bertz CT molecular complexity index is 475. The first kappa shape index (κ1) is 15.0. The van der Waals surface area contributed by atoms with Crippen molar-refractivity contribution in [3.63, 3.8) is 0 Å². The Hall–Kier alpha value is -0.870. The van der Waals surface area contributed by atoms with Crippen LogP contribution in [0.4, 0.5) is 0 Å². The third kappa shape index (κ3) is 3.67. The Balaban J connectivity index is 1.39. The summed E-state index contributed by atoms with van der Waals surface area (Å²) in [6.07, 6.45) is 8.67. The number of nitrogens with one attached hydrogen (secondary N) is 1. The van der Waals surface area contributed by atoms with Crippen LogP contribution in [0.1, 0.15) is 59.1 Å². The Kier molecular flexibility index (Phi) is 4.96. The third-order valence-electron chi connectivity index (χ3n) is 4.82. The van der Waals surface area contributed by atoms with Gasteiger partial charge in [-0.15, -0.1) is 11.3 Å². The van der Waals surface area contributed by atoms with Crippen LogP contribution in [0.15, 0.2) is 6.07 Å². The number of piperidine rings is 1. The molecule has 21 heavy (non-hydrogen) atoms. The number of amides is 1. The molecule has 0 saturated carbocycles. The lowest BCUT2D eigenvalue weighted by Crippen LogP contribution is -2.39. The van der Waals surface area contributed by atoms with Gasteiger partial charge in [0.2, 0.25) is 0 Å².